The summed E-state index contributed by atoms with van der Waals surface area (Å²) in [6, 6.07) is 17.7. The number of fused-ring (bicyclic) bond motifs is 3. The first-order chi connectivity index (χ1) is 35.9. The van der Waals surface area contributed by atoms with Crippen LogP contribution in [0.3, 0.4) is 0 Å². The maximum Gasteiger partial charge on any atom is 0.418 e. The average Bonchev–Trinajstić information content (AvgIpc) is 4.14. The maximum atomic E-state index is 13.5. The number of aromatic amines is 3. The zero-order valence-electron chi connectivity index (χ0n) is 40.9. The van der Waals surface area contributed by atoms with E-state index in [0.717, 1.165) is 18.2 Å². The van der Waals surface area contributed by atoms with Gasteiger partial charge in [-0.15, -0.1) is 0 Å². The molecule has 1 unspecified atom stereocenters. The van der Waals surface area contributed by atoms with Crippen molar-refractivity contribution < 1.29 is 49.4 Å². The first-order valence-corrected chi connectivity index (χ1v) is 22.9. The van der Waals surface area contributed by atoms with Gasteiger partial charge in [-0.25, -0.2) is 29.9 Å². The van der Waals surface area contributed by atoms with E-state index in [1.165, 1.54) is 36.8 Å². The largest absolute Gasteiger partial charge is 0.476 e. The third-order valence-electron chi connectivity index (χ3n) is 11.4. The molecule has 9 aromatic heterocycles. The molecule has 9 aromatic rings. The van der Waals surface area contributed by atoms with Crippen LogP contribution in [0.4, 0.5) is 51.1 Å². The van der Waals surface area contributed by atoms with Crippen LogP contribution in [0, 0.1) is 16.7 Å². The Morgan fingerprint density at radius 3 is 1.53 bits per heavy atom. The van der Waals surface area contributed by atoms with Crippen LogP contribution in [0.5, 0.6) is 5.88 Å². The number of aromatic nitrogens is 12. The highest BCUT2D eigenvalue weighted by Crippen LogP contribution is 2.41. The highest BCUT2D eigenvalue weighted by molar-refractivity contribution is 5.92. The number of pyridine rings is 6. The fraction of sp³-hybridized carbons (Fsp3) is 0.306. The van der Waals surface area contributed by atoms with Crippen molar-refractivity contribution in [1.29, 1.82) is 5.26 Å². The van der Waals surface area contributed by atoms with Gasteiger partial charge in [0.25, 0.3) is 0 Å². The van der Waals surface area contributed by atoms with Gasteiger partial charge in [0, 0.05) is 66.5 Å². The van der Waals surface area contributed by atoms with Gasteiger partial charge in [-0.3, -0.25) is 15.3 Å². The molecule has 2 atom stereocenters. The molecule has 0 spiro atoms. The van der Waals surface area contributed by atoms with Crippen LogP contribution in [0.2, 0.25) is 0 Å². The smallest absolute Gasteiger partial charge is 0.418 e. The second-order valence-electron chi connectivity index (χ2n) is 18.0. The zero-order valence-corrected chi connectivity index (χ0v) is 40.9. The number of aliphatic hydroxyl groups excluding tert-OH is 1. The van der Waals surface area contributed by atoms with E-state index in [-0.39, 0.29) is 83.0 Å². The lowest BCUT2D eigenvalue weighted by Gasteiger charge is -2.26. The SMILES string of the molecule is CC(C)(C)[C@H](N)COc1ccc(C(F)(F)F)c(-c2[nH]nc3ncccc23)n1.CC(CO)Nc1ccc(C(F)(F)F)c(-c2[nH]nc3ncccc23)n1.CN(CCC#N)c1ccc(C(F)(F)F)c(-c2[nH]nc3ncccc23)n1. The first kappa shape index (κ1) is 55.2. The van der Waals surface area contributed by atoms with Crippen molar-refractivity contribution in [3.8, 4) is 46.1 Å². The van der Waals surface area contributed by atoms with Gasteiger partial charge >= 0.3 is 18.5 Å². The number of hydrogen-bond acceptors (Lipinski definition) is 15. The highest BCUT2D eigenvalue weighted by Gasteiger charge is 2.38. The summed E-state index contributed by atoms with van der Waals surface area (Å²) in [4.78, 5) is 26.0. The number of aliphatic hydroxyl groups is 1. The fourth-order valence-electron chi connectivity index (χ4n) is 7.13. The number of nitrogens with zero attached hydrogens (tertiary/aromatic N) is 11. The number of H-pyrrole nitrogens is 3. The van der Waals surface area contributed by atoms with Gasteiger partial charge < -0.3 is 25.8 Å². The maximum absolute atomic E-state index is 13.5. The van der Waals surface area contributed by atoms with E-state index in [9.17, 15) is 39.5 Å². The van der Waals surface area contributed by atoms with E-state index in [2.05, 4.69) is 65.8 Å². The summed E-state index contributed by atoms with van der Waals surface area (Å²) in [7, 11) is 1.67. The number of nitrogens with two attached hydrogens (primary N) is 1. The number of nitrogens with one attached hydrogen (secondary N) is 4. The van der Waals surface area contributed by atoms with Crippen molar-refractivity contribution in [2.24, 2.45) is 11.1 Å². The molecule has 18 nitrogen and oxygen atoms in total. The molecule has 27 heteroatoms. The van der Waals surface area contributed by atoms with Crippen molar-refractivity contribution in [1.82, 2.24) is 60.5 Å². The normalized spacial score (nSPS) is 12.8. The monoisotopic (exact) mass is 1060 g/mol. The summed E-state index contributed by atoms with van der Waals surface area (Å²) < 4.78 is 126. The summed E-state index contributed by atoms with van der Waals surface area (Å²) in [5.41, 5.74) is 3.78. The van der Waals surface area contributed by atoms with Gasteiger partial charge in [0.2, 0.25) is 5.88 Å². The number of nitriles is 1. The predicted molar refractivity (Wildman–Crippen MR) is 263 cm³/mol. The molecule has 0 aliphatic carbocycles. The molecule has 0 bridgehead atoms. The lowest BCUT2D eigenvalue weighted by Crippen LogP contribution is -2.40. The molecule has 7 N–H and O–H groups in total. The Labute approximate surface area is 426 Å². The van der Waals surface area contributed by atoms with Crippen molar-refractivity contribution in [3.63, 3.8) is 0 Å². The molecule has 0 aliphatic rings. The molecule has 9 rings (SSSR count). The second-order valence-corrected chi connectivity index (χ2v) is 18.0. The lowest BCUT2D eigenvalue weighted by atomic mass is 9.88. The molecule has 9 heterocycles. The quantitative estimate of drug-likeness (QED) is 0.0622. The van der Waals surface area contributed by atoms with Crippen molar-refractivity contribution >= 4 is 44.7 Å². The van der Waals surface area contributed by atoms with E-state index in [1.807, 2.05) is 26.8 Å². The fourth-order valence-corrected chi connectivity index (χ4v) is 7.13. The predicted octanol–water partition coefficient (Wildman–Crippen LogP) is 10.0. The number of halogens is 9. The van der Waals surface area contributed by atoms with Gasteiger partial charge in [-0.05, 0) is 79.1 Å². The second kappa shape index (κ2) is 22.5. The van der Waals surface area contributed by atoms with Crippen molar-refractivity contribution in [2.75, 3.05) is 37.0 Å². The minimum absolute atomic E-state index is 0.0596. The van der Waals surface area contributed by atoms with Gasteiger partial charge in [-0.1, -0.05) is 20.8 Å². The summed E-state index contributed by atoms with van der Waals surface area (Å²) in [6.07, 6.45) is -8.94. The van der Waals surface area contributed by atoms with Crippen LogP contribution in [-0.2, 0) is 18.5 Å². The Morgan fingerprint density at radius 1 is 0.658 bits per heavy atom. The Hall–Kier alpha value is -8.51. The summed E-state index contributed by atoms with van der Waals surface area (Å²) in [5, 5.41) is 41.5. The number of ether oxygens (including phenoxy) is 1. The van der Waals surface area contributed by atoms with Crippen LogP contribution in [0.25, 0.3) is 67.3 Å². The molecule has 0 radical (unpaired) electrons. The van der Waals surface area contributed by atoms with E-state index >= 15 is 0 Å². The van der Waals surface area contributed by atoms with Crippen LogP contribution in [-0.4, -0.2) is 104 Å². The third-order valence-corrected chi connectivity index (χ3v) is 11.4. The third kappa shape index (κ3) is 12.9. The van der Waals surface area contributed by atoms with Gasteiger partial charge in [0.05, 0.1) is 52.9 Å². The Kier molecular flexibility index (Phi) is 16.4. The number of anilines is 2. The molecule has 0 amide bonds. The molecular formula is C49H47F9N16O2. The summed E-state index contributed by atoms with van der Waals surface area (Å²) in [5.74, 6) is 0.625. The molecule has 0 saturated carbocycles. The zero-order chi connectivity index (χ0) is 55.2. The topological polar surface area (TPSA) is 258 Å². The highest BCUT2D eigenvalue weighted by atomic mass is 19.4. The van der Waals surface area contributed by atoms with Gasteiger partial charge in [0.15, 0.2) is 16.9 Å². The number of alkyl halides is 9. The van der Waals surface area contributed by atoms with Crippen LogP contribution < -0.4 is 20.7 Å². The number of rotatable bonds is 12. The Balaban J connectivity index is 0.000000166. The minimum Gasteiger partial charge on any atom is -0.476 e. The molecule has 0 aromatic carbocycles. The van der Waals surface area contributed by atoms with Gasteiger partial charge in [0.1, 0.15) is 35.3 Å². The standard InChI is InChI=1S/C18H20F3N5O.C16H13F3N6.C15H14F3N5O/c1-17(2,3)12(22)9-27-13-7-6-11(18(19,20)21)15(24-13)14-10-5-4-8-23-16(10)26-25-14;1-25(9-3-7-20)12-6-5-11(16(17,18)19)14(22-12)13-10-4-2-8-21-15(10)24-23-13;1-8(7-24)20-11-5-4-10(15(16,17)18)13(21-11)12-9-3-2-6-19-14(9)23-22-12/h4-8,12H,9,22H2,1-3H3,(H,23,25,26);2,4-6,8H,3,9H2,1H3,(H,21,23,24);2-6,8,24H,7H2,1H3,(H,20,21)(H,19,22,23)/t12-;;/m1../s1. The van der Waals surface area contributed by atoms with Crippen molar-refractivity contribution in [2.45, 2.75) is 64.7 Å². The molecular weight excluding hydrogens is 1020 g/mol. The Bertz CT molecular complexity index is 3470. The Morgan fingerprint density at radius 2 is 1.09 bits per heavy atom. The minimum atomic E-state index is -4.58. The number of hydrogen-bond donors (Lipinski definition) is 6. The van der Waals surface area contributed by atoms with E-state index < -0.39 is 35.2 Å². The lowest BCUT2D eigenvalue weighted by molar-refractivity contribution is -0.138. The molecule has 0 saturated heterocycles. The summed E-state index contributed by atoms with van der Waals surface area (Å²) >= 11 is 0. The van der Waals surface area contributed by atoms with Crippen molar-refractivity contribution in [3.05, 3.63) is 108 Å². The van der Waals surface area contributed by atoms with E-state index in [1.54, 1.807) is 55.3 Å². The first-order valence-electron chi connectivity index (χ1n) is 22.9. The average molecular weight is 1060 g/mol. The summed E-state index contributed by atoms with van der Waals surface area (Å²) in [6.45, 7) is 7.87. The van der Waals surface area contributed by atoms with Gasteiger partial charge in [-0.2, -0.15) is 60.1 Å². The van der Waals surface area contributed by atoms with Crippen LogP contribution in [0.15, 0.2) is 91.4 Å². The van der Waals surface area contributed by atoms with Crippen LogP contribution in [0.1, 0.15) is 50.8 Å². The van der Waals surface area contributed by atoms with E-state index in [4.69, 9.17) is 20.8 Å². The molecule has 398 valence electrons. The molecule has 0 fully saturated rings. The molecule has 0 aliphatic heterocycles. The van der Waals surface area contributed by atoms with Crippen LogP contribution >= 0.6 is 0 Å². The molecule has 76 heavy (non-hydrogen) atoms. The van der Waals surface area contributed by atoms with E-state index in [0.29, 0.717) is 45.5 Å².